The third-order valence-corrected chi connectivity index (χ3v) is 3.68. The first-order chi connectivity index (χ1) is 11.3. The number of anilines is 1. The van der Waals surface area contributed by atoms with Crippen molar-refractivity contribution >= 4 is 17.0 Å². The van der Waals surface area contributed by atoms with E-state index in [-0.39, 0.29) is 0 Å². The number of hydrogen-bond donors (Lipinski definition) is 1. The normalized spacial score (nSPS) is 11.0. The van der Waals surface area contributed by atoms with Crippen molar-refractivity contribution in [2.45, 2.75) is 39.7 Å². The van der Waals surface area contributed by atoms with Crippen molar-refractivity contribution in [2.75, 3.05) is 11.9 Å². The average Bonchev–Trinajstić information content (AvgIpc) is 2.97. The fourth-order valence-corrected chi connectivity index (χ4v) is 2.50. The van der Waals surface area contributed by atoms with E-state index in [0.29, 0.717) is 6.54 Å². The fourth-order valence-electron chi connectivity index (χ4n) is 2.50. The van der Waals surface area contributed by atoms with Crippen molar-refractivity contribution in [3.63, 3.8) is 0 Å². The topological polar surface area (TPSA) is 68.5 Å². The standard InChI is InChI=1S/C17H22N6/c1-3-5-11-14-19-16(18-4-2)15-17(20-14)23(22-21-15)12-13-9-7-6-8-10-13/h6-10H,3-5,11-12H2,1-2H3,(H,18,19,20). The lowest BCUT2D eigenvalue weighted by Crippen LogP contribution is -2.07. The van der Waals surface area contributed by atoms with Gasteiger partial charge in [-0.1, -0.05) is 48.9 Å². The molecule has 0 radical (unpaired) electrons. The van der Waals surface area contributed by atoms with Gasteiger partial charge in [0.2, 0.25) is 0 Å². The van der Waals surface area contributed by atoms with Crippen molar-refractivity contribution in [3.05, 3.63) is 41.7 Å². The highest BCUT2D eigenvalue weighted by atomic mass is 15.4. The Morgan fingerprint density at radius 3 is 2.65 bits per heavy atom. The molecule has 2 heterocycles. The largest absolute Gasteiger partial charge is 0.368 e. The smallest absolute Gasteiger partial charge is 0.184 e. The number of hydrogen-bond acceptors (Lipinski definition) is 5. The molecule has 0 amide bonds. The Hall–Kier alpha value is -2.50. The molecule has 0 spiro atoms. The van der Waals surface area contributed by atoms with Gasteiger partial charge in [-0.15, -0.1) is 5.10 Å². The first-order valence-corrected chi connectivity index (χ1v) is 8.19. The van der Waals surface area contributed by atoms with Crippen LogP contribution < -0.4 is 5.32 Å². The van der Waals surface area contributed by atoms with Gasteiger partial charge in [-0.2, -0.15) is 0 Å². The van der Waals surface area contributed by atoms with E-state index in [0.717, 1.165) is 48.6 Å². The van der Waals surface area contributed by atoms with Crippen molar-refractivity contribution in [3.8, 4) is 0 Å². The van der Waals surface area contributed by atoms with E-state index < -0.39 is 0 Å². The fraction of sp³-hybridized carbons (Fsp3) is 0.412. The van der Waals surface area contributed by atoms with Crippen LogP contribution in [0.2, 0.25) is 0 Å². The number of nitrogens with zero attached hydrogens (tertiary/aromatic N) is 5. The van der Waals surface area contributed by atoms with Crippen molar-refractivity contribution in [2.24, 2.45) is 0 Å². The van der Waals surface area contributed by atoms with Crippen molar-refractivity contribution in [1.82, 2.24) is 25.0 Å². The zero-order valence-corrected chi connectivity index (χ0v) is 13.7. The Morgan fingerprint density at radius 1 is 1.09 bits per heavy atom. The molecule has 0 bridgehead atoms. The highest BCUT2D eigenvalue weighted by molar-refractivity contribution is 5.82. The number of nitrogens with one attached hydrogen (secondary N) is 1. The number of rotatable bonds is 7. The lowest BCUT2D eigenvalue weighted by atomic mass is 10.2. The van der Waals surface area contributed by atoms with E-state index >= 15 is 0 Å². The lowest BCUT2D eigenvalue weighted by Gasteiger charge is -2.07. The van der Waals surface area contributed by atoms with Gasteiger partial charge in [0.1, 0.15) is 5.82 Å². The summed E-state index contributed by atoms with van der Waals surface area (Å²) in [6.07, 6.45) is 3.08. The predicted molar refractivity (Wildman–Crippen MR) is 91.4 cm³/mol. The van der Waals surface area contributed by atoms with Crippen LogP contribution in [-0.4, -0.2) is 31.5 Å². The third-order valence-electron chi connectivity index (χ3n) is 3.68. The molecule has 0 unspecified atom stereocenters. The van der Waals surface area contributed by atoms with Gasteiger partial charge in [0.05, 0.1) is 6.54 Å². The Balaban J connectivity index is 2.00. The van der Waals surface area contributed by atoms with Gasteiger partial charge in [0.25, 0.3) is 0 Å². The Kier molecular flexibility index (Phi) is 4.80. The average molecular weight is 310 g/mol. The monoisotopic (exact) mass is 310 g/mol. The van der Waals surface area contributed by atoms with Gasteiger partial charge in [-0.3, -0.25) is 0 Å². The van der Waals surface area contributed by atoms with Crippen LogP contribution in [-0.2, 0) is 13.0 Å². The van der Waals surface area contributed by atoms with Crippen LogP contribution in [0.15, 0.2) is 30.3 Å². The molecule has 6 heteroatoms. The van der Waals surface area contributed by atoms with Gasteiger partial charge >= 0.3 is 0 Å². The van der Waals surface area contributed by atoms with Crippen LogP contribution in [0.4, 0.5) is 5.82 Å². The Labute approximate surface area is 136 Å². The summed E-state index contributed by atoms with van der Waals surface area (Å²) in [7, 11) is 0. The molecule has 0 aliphatic heterocycles. The first-order valence-electron chi connectivity index (χ1n) is 8.19. The van der Waals surface area contributed by atoms with Crippen LogP contribution in [0.25, 0.3) is 11.2 Å². The highest BCUT2D eigenvalue weighted by Crippen LogP contribution is 2.19. The number of aromatic nitrogens is 5. The molecule has 3 rings (SSSR count). The summed E-state index contributed by atoms with van der Waals surface area (Å²) in [5.41, 5.74) is 2.71. The number of unbranched alkanes of at least 4 members (excludes halogenated alkanes) is 1. The zero-order valence-electron chi connectivity index (χ0n) is 13.7. The second-order valence-electron chi connectivity index (χ2n) is 5.53. The SMILES string of the molecule is CCCCc1nc(NCC)c2nnn(Cc3ccccc3)c2n1. The molecule has 23 heavy (non-hydrogen) atoms. The molecule has 1 aromatic carbocycles. The number of fused-ring (bicyclic) bond motifs is 1. The molecular formula is C17H22N6. The van der Waals surface area contributed by atoms with Crippen molar-refractivity contribution < 1.29 is 0 Å². The summed E-state index contributed by atoms with van der Waals surface area (Å²) in [6.45, 7) is 5.68. The maximum atomic E-state index is 4.70. The minimum atomic E-state index is 0.660. The number of aryl methyl sites for hydroxylation is 1. The molecule has 0 atom stereocenters. The molecular weight excluding hydrogens is 288 g/mol. The summed E-state index contributed by atoms with van der Waals surface area (Å²) < 4.78 is 1.85. The second kappa shape index (κ2) is 7.17. The van der Waals surface area contributed by atoms with Crippen LogP contribution in [0.1, 0.15) is 38.1 Å². The molecule has 1 N–H and O–H groups in total. The summed E-state index contributed by atoms with van der Waals surface area (Å²) in [4.78, 5) is 9.31. The van der Waals surface area contributed by atoms with Crippen LogP contribution in [0, 0.1) is 0 Å². The predicted octanol–water partition coefficient (Wildman–Crippen LogP) is 3.04. The van der Waals surface area contributed by atoms with Crippen molar-refractivity contribution in [1.29, 1.82) is 0 Å². The quantitative estimate of drug-likeness (QED) is 0.726. The molecule has 0 aliphatic rings. The molecule has 0 fully saturated rings. The summed E-state index contributed by atoms with van der Waals surface area (Å²) in [5, 5.41) is 11.8. The first kappa shape index (κ1) is 15.4. The Bertz CT molecular complexity index is 765. The van der Waals surface area contributed by atoms with Crippen LogP contribution in [0.3, 0.4) is 0 Å². The molecule has 120 valence electrons. The summed E-state index contributed by atoms with van der Waals surface area (Å²) in [5.74, 6) is 1.63. The summed E-state index contributed by atoms with van der Waals surface area (Å²) >= 11 is 0. The molecule has 3 aromatic rings. The van der Waals surface area contributed by atoms with Gasteiger partial charge in [0.15, 0.2) is 17.0 Å². The molecule has 0 aliphatic carbocycles. The molecule has 6 nitrogen and oxygen atoms in total. The lowest BCUT2D eigenvalue weighted by molar-refractivity contribution is 0.661. The van der Waals surface area contributed by atoms with Gasteiger partial charge in [-0.05, 0) is 18.9 Å². The van der Waals surface area contributed by atoms with E-state index in [9.17, 15) is 0 Å². The zero-order chi connectivity index (χ0) is 16.1. The Morgan fingerprint density at radius 2 is 1.91 bits per heavy atom. The van der Waals surface area contributed by atoms with E-state index in [1.165, 1.54) is 5.56 Å². The number of benzene rings is 1. The summed E-state index contributed by atoms with van der Waals surface area (Å²) in [6, 6.07) is 10.2. The van der Waals surface area contributed by atoms with E-state index in [4.69, 9.17) is 4.98 Å². The molecule has 0 saturated carbocycles. The minimum Gasteiger partial charge on any atom is -0.368 e. The van der Waals surface area contributed by atoms with Gasteiger partial charge in [0, 0.05) is 13.0 Å². The highest BCUT2D eigenvalue weighted by Gasteiger charge is 2.14. The molecule has 0 saturated heterocycles. The van der Waals surface area contributed by atoms with E-state index in [1.54, 1.807) is 0 Å². The third kappa shape index (κ3) is 3.47. The molecule has 2 aromatic heterocycles. The van der Waals surface area contributed by atoms with Gasteiger partial charge in [-0.25, -0.2) is 14.6 Å². The maximum Gasteiger partial charge on any atom is 0.184 e. The van der Waals surface area contributed by atoms with Crippen LogP contribution >= 0.6 is 0 Å². The maximum absolute atomic E-state index is 4.70. The van der Waals surface area contributed by atoms with E-state index in [2.05, 4.69) is 39.7 Å². The van der Waals surface area contributed by atoms with Crippen LogP contribution in [0.5, 0.6) is 0 Å². The van der Waals surface area contributed by atoms with Gasteiger partial charge < -0.3 is 5.32 Å². The minimum absolute atomic E-state index is 0.660. The van der Waals surface area contributed by atoms with E-state index in [1.807, 2.05) is 29.8 Å². The second-order valence-corrected chi connectivity index (χ2v) is 5.53.